The number of hydrogen-bond acceptors (Lipinski definition) is 5. The Bertz CT molecular complexity index is 900. The smallest absolute Gasteiger partial charge is 0.216 e. The molecule has 4 nitrogen and oxygen atoms in total. The summed E-state index contributed by atoms with van der Waals surface area (Å²) in [5, 5.41) is 5.85. The van der Waals surface area contributed by atoms with Crippen molar-refractivity contribution >= 4 is 45.6 Å². The fourth-order valence-corrected chi connectivity index (χ4v) is 4.37. The minimum atomic E-state index is -0.0353. The van der Waals surface area contributed by atoms with Crippen molar-refractivity contribution in [3.05, 3.63) is 58.4 Å². The third-order valence-electron chi connectivity index (χ3n) is 3.66. The van der Waals surface area contributed by atoms with Gasteiger partial charge in [0.15, 0.2) is 5.78 Å². The van der Waals surface area contributed by atoms with Gasteiger partial charge in [-0.3, -0.25) is 9.59 Å². The summed E-state index contributed by atoms with van der Waals surface area (Å²) >= 11 is 2.97. The van der Waals surface area contributed by atoms with Crippen molar-refractivity contribution in [1.29, 1.82) is 0 Å². The van der Waals surface area contributed by atoms with E-state index in [4.69, 9.17) is 0 Å². The van der Waals surface area contributed by atoms with E-state index in [0.717, 1.165) is 32.0 Å². The van der Waals surface area contributed by atoms with Crippen molar-refractivity contribution < 1.29 is 9.59 Å². The molecule has 2 heterocycles. The van der Waals surface area contributed by atoms with Gasteiger partial charge in [-0.25, -0.2) is 4.98 Å². The monoisotopic (exact) mass is 370 g/mol. The Kier molecular flexibility index (Phi) is 5.83. The van der Waals surface area contributed by atoms with E-state index in [1.165, 1.54) is 30.0 Å². The van der Waals surface area contributed by atoms with Gasteiger partial charge in [0.2, 0.25) is 5.91 Å². The molecule has 3 rings (SSSR count). The summed E-state index contributed by atoms with van der Waals surface area (Å²) in [4.78, 5) is 29.6. The summed E-state index contributed by atoms with van der Waals surface area (Å²) < 4.78 is 0. The summed E-state index contributed by atoms with van der Waals surface area (Å²) in [6.45, 7) is 2.10. The topological polar surface area (TPSA) is 59.1 Å². The molecule has 0 saturated heterocycles. The van der Waals surface area contributed by atoms with Gasteiger partial charge in [-0.2, -0.15) is 0 Å². The van der Waals surface area contributed by atoms with Gasteiger partial charge in [-0.1, -0.05) is 36.0 Å². The molecule has 1 N–H and O–H groups in total. The van der Waals surface area contributed by atoms with Crippen molar-refractivity contribution in [2.24, 2.45) is 0 Å². The Labute approximate surface area is 154 Å². The fraction of sp³-hybridized carbons (Fsp3) is 0.211. The van der Waals surface area contributed by atoms with Crippen LogP contribution in [0.15, 0.2) is 53.7 Å². The quantitative estimate of drug-likeness (QED) is 0.505. The molecule has 25 heavy (non-hydrogen) atoms. The number of ketones is 1. The average Bonchev–Trinajstić information content (AvgIpc) is 3.08. The van der Waals surface area contributed by atoms with E-state index < -0.39 is 0 Å². The maximum atomic E-state index is 12.4. The van der Waals surface area contributed by atoms with Gasteiger partial charge in [0.05, 0.1) is 10.6 Å². The summed E-state index contributed by atoms with van der Waals surface area (Å²) in [6, 6.07) is 13.9. The molecule has 0 fully saturated rings. The van der Waals surface area contributed by atoms with Crippen molar-refractivity contribution in [3.8, 4) is 0 Å². The molecular weight excluding hydrogens is 352 g/mol. The van der Waals surface area contributed by atoms with E-state index >= 15 is 0 Å². The number of carbonyl (C=O) groups is 2. The zero-order valence-corrected chi connectivity index (χ0v) is 15.5. The minimum absolute atomic E-state index is 0.0353. The highest BCUT2D eigenvalue weighted by atomic mass is 32.2. The zero-order valence-electron chi connectivity index (χ0n) is 13.8. The number of fused-ring (bicyclic) bond motifs is 1. The Morgan fingerprint density at radius 3 is 2.84 bits per heavy atom. The van der Waals surface area contributed by atoms with Crippen LogP contribution in [-0.4, -0.2) is 29.0 Å². The number of nitrogens with one attached hydrogen (secondary N) is 1. The molecule has 0 radical (unpaired) electrons. The van der Waals surface area contributed by atoms with Crippen LogP contribution in [0.4, 0.5) is 0 Å². The average molecular weight is 370 g/mol. The summed E-state index contributed by atoms with van der Waals surface area (Å²) in [5.74, 6) is 0.439. The Balaban J connectivity index is 1.61. The number of nitrogens with zero attached hydrogens (tertiary/aromatic N) is 1. The zero-order chi connectivity index (χ0) is 17.6. The second kappa shape index (κ2) is 8.27. The Morgan fingerprint density at radius 1 is 1.16 bits per heavy atom. The maximum Gasteiger partial charge on any atom is 0.216 e. The molecule has 1 aromatic carbocycles. The first-order valence-electron chi connectivity index (χ1n) is 7.96. The predicted molar refractivity (Wildman–Crippen MR) is 104 cm³/mol. The predicted octanol–water partition coefficient (Wildman–Crippen LogP) is 3.95. The largest absolute Gasteiger partial charge is 0.356 e. The highest BCUT2D eigenvalue weighted by Crippen LogP contribution is 2.27. The number of Topliss-reactive ketones (excluding diaryl/α,β-unsaturated/α-hetero) is 1. The van der Waals surface area contributed by atoms with E-state index in [2.05, 4.69) is 10.3 Å². The number of aromatic nitrogens is 1. The third kappa shape index (κ3) is 4.67. The second-order valence-electron chi connectivity index (χ2n) is 5.55. The first kappa shape index (κ1) is 17.6. The molecule has 0 saturated carbocycles. The molecule has 1 amide bonds. The fourth-order valence-electron chi connectivity index (χ4n) is 2.44. The third-order valence-corrected chi connectivity index (χ3v) is 5.85. The first-order valence-corrected chi connectivity index (χ1v) is 9.76. The van der Waals surface area contributed by atoms with Gasteiger partial charge in [0.1, 0.15) is 5.03 Å². The van der Waals surface area contributed by atoms with E-state index in [1.54, 1.807) is 6.20 Å². The second-order valence-corrected chi connectivity index (χ2v) is 7.68. The lowest BCUT2D eigenvalue weighted by Gasteiger charge is -2.04. The van der Waals surface area contributed by atoms with Gasteiger partial charge in [0.25, 0.3) is 0 Å². The molecule has 0 spiro atoms. The summed E-state index contributed by atoms with van der Waals surface area (Å²) in [7, 11) is 0. The normalized spacial score (nSPS) is 10.8. The first-order chi connectivity index (χ1) is 12.1. The molecule has 2 aromatic heterocycles. The Hall–Kier alpha value is -2.18. The SMILES string of the molecule is CC(=O)NCCc1ccc(C(=O)CSc2nccc3ccccc23)s1. The molecule has 0 unspecified atom stereocenters. The van der Waals surface area contributed by atoms with Gasteiger partial charge in [0, 0.05) is 29.9 Å². The molecule has 0 aliphatic carbocycles. The van der Waals surface area contributed by atoms with Crippen LogP contribution in [-0.2, 0) is 11.2 Å². The molecular formula is C19H18N2O2S2. The molecule has 0 bridgehead atoms. The van der Waals surface area contributed by atoms with Crippen LogP contribution in [0.5, 0.6) is 0 Å². The summed E-state index contributed by atoms with van der Waals surface area (Å²) in [6.07, 6.45) is 2.52. The number of carbonyl (C=O) groups excluding carboxylic acids is 2. The van der Waals surface area contributed by atoms with Gasteiger partial charge in [-0.15, -0.1) is 11.3 Å². The standard InChI is InChI=1S/C19H18N2O2S2/c1-13(22)20-11-9-15-6-7-18(25-15)17(23)12-24-19-16-5-3-2-4-14(16)8-10-21-19/h2-8,10H,9,11-12H2,1H3,(H,20,22). The van der Waals surface area contributed by atoms with E-state index in [0.29, 0.717) is 12.3 Å². The van der Waals surface area contributed by atoms with Crippen LogP contribution in [0.2, 0.25) is 0 Å². The number of rotatable bonds is 7. The lowest BCUT2D eigenvalue weighted by molar-refractivity contribution is -0.118. The van der Waals surface area contributed by atoms with E-state index in [-0.39, 0.29) is 11.7 Å². The van der Waals surface area contributed by atoms with Crippen LogP contribution < -0.4 is 5.32 Å². The van der Waals surface area contributed by atoms with Crippen LogP contribution >= 0.6 is 23.1 Å². The molecule has 128 valence electrons. The highest BCUT2D eigenvalue weighted by Gasteiger charge is 2.12. The molecule has 3 aromatic rings. The Morgan fingerprint density at radius 2 is 2.00 bits per heavy atom. The molecule has 6 heteroatoms. The van der Waals surface area contributed by atoms with Crippen LogP contribution in [0, 0.1) is 0 Å². The number of benzene rings is 1. The van der Waals surface area contributed by atoms with E-state index in [9.17, 15) is 9.59 Å². The summed E-state index contributed by atoms with van der Waals surface area (Å²) in [5.41, 5.74) is 0. The molecule has 0 aliphatic heterocycles. The van der Waals surface area contributed by atoms with Crippen LogP contribution in [0.25, 0.3) is 10.8 Å². The molecule has 0 atom stereocenters. The number of thioether (sulfide) groups is 1. The van der Waals surface area contributed by atoms with Gasteiger partial charge < -0.3 is 5.32 Å². The number of thiophene rings is 1. The number of amides is 1. The van der Waals surface area contributed by atoms with Gasteiger partial charge >= 0.3 is 0 Å². The lowest BCUT2D eigenvalue weighted by atomic mass is 10.2. The van der Waals surface area contributed by atoms with Crippen LogP contribution in [0.1, 0.15) is 21.5 Å². The lowest BCUT2D eigenvalue weighted by Crippen LogP contribution is -2.22. The van der Waals surface area contributed by atoms with Crippen molar-refractivity contribution in [1.82, 2.24) is 10.3 Å². The van der Waals surface area contributed by atoms with E-state index in [1.807, 2.05) is 42.5 Å². The molecule has 0 aliphatic rings. The highest BCUT2D eigenvalue weighted by molar-refractivity contribution is 8.00. The number of hydrogen-bond donors (Lipinski definition) is 1. The minimum Gasteiger partial charge on any atom is -0.356 e. The van der Waals surface area contributed by atoms with Crippen molar-refractivity contribution in [2.45, 2.75) is 18.4 Å². The maximum absolute atomic E-state index is 12.4. The van der Waals surface area contributed by atoms with Crippen LogP contribution in [0.3, 0.4) is 0 Å². The van der Waals surface area contributed by atoms with Crippen molar-refractivity contribution in [3.63, 3.8) is 0 Å². The van der Waals surface area contributed by atoms with Crippen molar-refractivity contribution in [2.75, 3.05) is 12.3 Å². The van der Waals surface area contributed by atoms with Gasteiger partial charge in [-0.05, 0) is 30.0 Å². The number of pyridine rings is 1.